The van der Waals surface area contributed by atoms with Gasteiger partial charge in [0.25, 0.3) is 0 Å². The summed E-state index contributed by atoms with van der Waals surface area (Å²) in [5.41, 5.74) is 0. The Hall–Kier alpha value is 0.0900. The van der Waals surface area contributed by atoms with E-state index in [0.29, 0.717) is 5.78 Å². The summed E-state index contributed by atoms with van der Waals surface area (Å²) in [4.78, 5) is 17.8. The molecule has 0 unspecified atom stereocenters. The van der Waals surface area contributed by atoms with Crippen molar-refractivity contribution in [3.8, 4) is 0 Å². The van der Waals surface area contributed by atoms with Gasteiger partial charge in [0.2, 0.25) is 5.78 Å². The van der Waals surface area contributed by atoms with Gasteiger partial charge in [0.05, 0.1) is 39.3 Å². The van der Waals surface area contributed by atoms with Crippen molar-refractivity contribution >= 4 is 5.78 Å². The summed E-state index contributed by atoms with van der Waals surface area (Å²) in [6, 6.07) is 0. The summed E-state index contributed by atoms with van der Waals surface area (Å²) >= 11 is 0. The largest absolute Gasteiger partial charge is 1.00 e. The van der Waals surface area contributed by atoms with Crippen molar-refractivity contribution in [3.05, 3.63) is 0 Å². The smallest absolute Gasteiger partial charge is 0.240 e. The van der Waals surface area contributed by atoms with Crippen LogP contribution in [0, 0.1) is 0 Å². The van der Waals surface area contributed by atoms with Crippen LogP contribution in [0.15, 0.2) is 0 Å². The first-order valence-electron chi connectivity index (χ1n) is 8.34. The zero-order chi connectivity index (χ0) is 13.6. The van der Waals surface area contributed by atoms with Crippen LogP contribution in [0.3, 0.4) is 0 Å². The van der Waals surface area contributed by atoms with Crippen molar-refractivity contribution < 1.29 is 38.6 Å². The fourth-order valence-corrected chi connectivity index (χ4v) is 4.74. The molecule has 0 N–H and O–H groups in total. The molecule has 7 heteroatoms. The van der Waals surface area contributed by atoms with E-state index in [0.717, 1.165) is 22.1 Å². The van der Waals surface area contributed by atoms with Crippen LogP contribution in [0.5, 0.6) is 0 Å². The molecular weight excluding hydrogens is 323 g/mol. The molecule has 22 heavy (non-hydrogen) atoms. The third kappa shape index (κ3) is 3.45. The minimum atomic E-state index is 0. The maximum atomic E-state index is 12.7. The van der Waals surface area contributed by atoms with Gasteiger partial charge in [-0.25, -0.2) is 0 Å². The van der Waals surface area contributed by atoms with Crippen LogP contribution in [-0.2, 0) is 4.79 Å². The van der Waals surface area contributed by atoms with Crippen LogP contribution in [-0.4, -0.2) is 116 Å². The van der Waals surface area contributed by atoms with E-state index in [9.17, 15) is 4.79 Å². The second-order valence-electron chi connectivity index (χ2n) is 7.56. The van der Waals surface area contributed by atoms with Gasteiger partial charge < -0.3 is 33.8 Å². The fourth-order valence-electron chi connectivity index (χ4n) is 4.74. The molecule has 6 aliphatic rings. The van der Waals surface area contributed by atoms with E-state index in [-0.39, 0.29) is 24.8 Å². The number of fused-ring (bicyclic) bond motifs is 6. The molecule has 0 amide bonds. The predicted octanol–water partition coefficient (Wildman–Crippen LogP) is -7.14. The van der Waals surface area contributed by atoms with E-state index >= 15 is 0 Å². The number of halogens is 2. The van der Waals surface area contributed by atoms with Crippen LogP contribution in [0.2, 0.25) is 0 Å². The first-order chi connectivity index (χ1) is 9.67. The summed E-state index contributed by atoms with van der Waals surface area (Å²) in [6.07, 6.45) is 0. The van der Waals surface area contributed by atoms with Crippen molar-refractivity contribution in [1.29, 1.82) is 0 Å². The SMILES string of the molecule is O=C(C[N+]12CCN(CC1)CC2)C[N+]12CCN(CC1)CC2.[Cl-].[Cl-]. The predicted molar refractivity (Wildman–Crippen MR) is 77.3 cm³/mol. The van der Waals surface area contributed by atoms with Crippen molar-refractivity contribution in [2.75, 3.05) is 91.6 Å². The molecule has 6 rings (SSSR count). The molecule has 0 aliphatic carbocycles. The van der Waals surface area contributed by atoms with Gasteiger partial charge in [0.1, 0.15) is 13.1 Å². The normalized spacial score (nSPS) is 42.4. The second-order valence-corrected chi connectivity index (χ2v) is 7.56. The van der Waals surface area contributed by atoms with E-state index in [2.05, 4.69) is 9.80 Å². The Morgan fingerprint density at radius 2 is 0.909 bits per heavy atom. The lowest BCUT2D eigenvalue weighted by Crippen LogP contribution is -3.00. The molecule has 6 aliphatic heterocycles. The number of Topliss-reactive ketones (excluding diaryl/α,β-unsaturated/α-hetero) is 1. The highest BCUT2D eigenvalue weighted by Gasteiger charge is 2.44. The van der Waals surface area contributed by atoms with Crippen molar-refractivity contribution in [2.45, 2.75) is 0 Å². The van der Waals surface area contributed by atoms with Crippen LogP contribution in [0.1, 0.15) is 0 Å². The molecule has 0 aromatic heterocycles. The molecular formula is C15H28Cl2N4O. The van der Waals surface area contributed by atoms with Gasteiger partial charge in [-0.15, -0.1) is 0 Å². The zero-order valence-corrected chi connectivity index (χ0v) is 14.9. The highest BCUT2D eigenvalue weighted by Crippen LogP contribution is 2.22. The monoisotopic (exact) mass is 350 g/mol. The van der Waals surface area contributed by atoms with E-state index < -0.39 is 0 Å². The number of carbonyl (C=O) groups excluding carboxylic acids is 1. The highest BCUT2D eigenvalue weighted by molar-refractivity contribution is 5.80. The first-order valence-corrected chi connectivity index (χ1v) is 8.34. The maximum absolute atomic E-state index is 12.7. The number of carbonyl (C=O) groups is 1. The lowest BCUT2D eigenvalue weighted by Gasteiger charge is -2.52. The van der Waals surface area contributed by atoms with Gasteiger partial charge in [-0.1, -0.05) is 0 Å². The topological polar surface area (TPSA) is 23.6 Å². The molecule has 6 fully saturated rings. The first kappa shape index (κ1) is 18.4. The fraction of sp³-hybridized carbons (Fsp3) is 0.933. The van der Waals surface area contributed by atoms with Crippen molar-refractivity contribution in [3.63, 3.8) is 0 Å². The van der Waals surface area contributed by atoms with Gasteiger partial charge in [-0.05, 0) is 0 Å². The Labute approximate surface area is 146 Å². The summed E-state index contributed by atoms with van der Waals surface area (Å²) in [5.74, 6) is 0.538. The Balaban J connectivity index is 0.000000882. The number of hydrogen-bond donors (Lipinski definition) is 0. The molecule has 0 saturated carbocycles. The molecule has 6 heterocycles. The molecule has 0 aromatic carbocycles. The third-order valence-corrected chi connectivity index (χ3v) is 6.37. The molecule has 0 radical (unpaired) electrons. The Bertz CT molecular complexity index is 341. The summed E-state index contributed by atoms with van der Waals surface area (Å²) in [5, 5.41) is 0. The van der Waals surface area contributed by atoms with E-state index in [1.165, 1.54) is 78.5 Å². The van der Waals surface area contributed by atoms with Crippen LogP contribution >= 0.6 is 0 Å². The van der Waals surface area contributed by atoms with Crippen molar-refractivity contribution in [1.82, 2.24) is 9.80 Å². The average Bonchev–Trinajstić information content (AvgIpc) is 2.49. The molecule has 0 spiro atoms. The molecule has 0 atom stereocenters. The van der Waals surface area contributed by atoms with Gasteiger partial charge in [0.15, 0.2) is 0 Å². The Morgan fingerprint density at radius 3 is 1.18 bits per heavy atom. The van der Waals surface area contributed by atoms with Gasteiger partial charge >= 0.3 is 0 Å². The number of piperazine rings is 6. The molecule has 5 nitrogen and oxygen atoms in total. The Kier molecular flexibility index (Phi) is 5.79. The summed E-state index contributed by atoms with van der Waals surface area (Å²) in [6.45, 7) is 16.1. The molecule has 128 valence electrons. The van der Waals surface area contributed by atoms with Gasteiger partial charge in [-0.3, -0.25) is 14.6 Å². The summed E-state index contributed by atoms with van der Waals surface area (Å²) in [7, 11) is 0. The minimum absolute atomic E-state index is 0. The zero-order valence-electron chi connectivity index (χ0n) is 13.4. The second kappa shape index (κ2) is 6.91. The van der Waals surface area contributed by atoms with Crippen LogP contribution in [0.25, 0.3) is 0 Å². The standard InChI is InChI=1S/C15H28N4O.2ClH/c20-15(13-18-7-1-16(2-8-18)3-9-18)14-19-10-4-17(5-11-19)6-12-19;;/h1-14H2;2*1H/q+2;;/p-2. The number of ketones is 1. The van der Waals surface area contributed by atoms with Gasteiger partial charge in [-0.2, -0.15) is 0 Å². The average molecular weight is 351 g/mol. The minimum Gasteiger partial charge on any atom is -1.00 e. The maximum Gasteiger partial charge on any atom is 0.240 e. The molecule has 0 aromatic rings. The van der Waals surface area contributed by atoms with E-state index in [1.807, 2.05) is 0 Å². The molecule has 6 saturated heterocycles. The molecule has 4 bridgehead atoms. The summed E-state index contributed by atoms with van der Waals surface area (Å²) < 4.78 is 2.20. The number of rotatable bonds is 4. The van der Waals surface area contributed by atoms with Gasteiger partial charge in [0, 0.05) is 39.3 Å². The Morgan fingerprint density at radius 1 is 0.636 bits per heavy atom. The number of hydrogen-bond acceptors (Lipinski definition) is 3. The lowest BCUT2D eigenvalue weighted by molar-refractivity contribution is -0.944. The third-order valence-electron chi connectivity index (χ3n) is 6.37. The van der Waals surface area contributed by atoms with E-state index in [4.69, 9.17) is 0 Å². The highest BCUT2D eigenvalue weighted by atomic mass is 35.5. The number of nitrogens with zero attached hydrogens (tertiary/aromatic N) is 4. The van der Waals surface area contributed by atoms with Crippen molar-refractivity contribution in [2.24, 2.45) is 0 Å². The van der Waals surface area contributed by atoms with Crippen LogP contribution in [0.4, 0.5) is 0 Å². The quantitative estimate of drug-likeness (QED) is 0.471. The number of quaternary nitrogens is 2. The van der Waals surface area contributed by atoms with Crippen LogP contribution < -0.4 is 24.8 Å². The lowest BCUT2D eigenvalue weighted by atomic mass is 10.1. The van der Waals surface area contributed by atoms with E-state index in [1.54, 1.807) is 0 Å².